The molecule has 0 amide bonds. The predicted octanol–water partition coefficient (Wildman–Crippen LogP) is 8.13. The van der Waals surface area contributed by atoms with E-state index in [0.717, 1.165) is 63.2 Å². The molecular formula is C38H56O6. The van der Waals surface area contributed by atoms with Crippen LogP contribution in [0.3, 0.4) is 0 Å². The maximum atomic E-state index is 13.6. The molecule has 0 spiro atoms. The van der Waals surface area contributed by atoms with Gasteiger partial charge in [0.2, 0.25) is 0 Å². The molecule has 0 heterocycles. The summed E-state index contributed by atoms with van der Waals surface area (Å²) in [5.41, 5.74) is 0.962. The molecule has 0 radical (unpaired) electrons. The zero-order valence-corrected chi connectivity index (χ0v) is 28.7. The minimum atomic E-state index is -1.15. The Morgan fingerprint density at radius 2 is 1.64 bits per heavy atom. The maximum Gasteiger partial charge on any atom is 0.309 e. The lowest BCUT2D eigenvalue weighted by Crippen LogP contribution is -2.65. The summed E-state index contributed by atoms with van der Waals surface area (Å²) in [4.78, 5) is 49.7. The molecule has 0 saturated heterocycles. The second-order valence-corrected chi connectivity index (χ2v) is 17.6. The van der Waals surface area contributed by atoms with Crippen molar-refractivity contribution in [3.8, 4) is 0 Å². The summed E-state index contributed by atoms with van der Waals surface area (Å²) in [6.45, 7) is 19.6. The van der Waals surface area contributed by atoms with E-state index in [1.165, 1.54) is 5.57 Å². The van der Waals surface area contributed by atoms with Crippen LogP contribution in [-0.4, -0.2) is 35.2 Å². The van der Waals surface area contributed by atoms with E-state index < -0.39 is 17.4 Å². The summed E-state index contributed by atoms with van der Waals surface area (Å²) in [6, 6.07) is 0. The number of rotatable bonds is 7. The first-order valence-electron chi connectivity index (χ1n) is 17.1. The summed E-state index contributed by atoms with van der Waals surface area (Å²) >= 11 is 0. The van der Waals surface area contributed by atoms with Crippen molar-refractivity contribution in [1.29, 1.82) is 0 Å². The lowest BCUT2D eigenvalue weighted by molar-refractivity contribution is -0.232. The zero-order valence-electron chi connectivity index (χ0n) is 28.7. The number of esters is 1. The molecule has 0 aromatic rings. The number of carbonyl (C=O) groups is 4. The minimum absolute atomic E-state index is 0.0539. The second-order valence-electron chi connectivity index (χ2n) is 17.6. The molecule has 0 bridgehead atoms. The molecule has 44 heavy (non-hydrogen) atoms. The second kappa shape index (κ2) is 10.7. The quantitative estimate of drug-likeness (QED) is 0.178. The number of carboxylic acid groups (broad SMARTS) is 1. The van der Waals surface area contributed by atoms with Crippen molar-refractivity contribution < 1.29 is 29.0 Å². The normalized spacial score (nSPS) is 41.5. The summed E-state index contributed by atoms with van der Waals surface area (Å²) < 4.78 is 6.12. The van der Waals surface area contributed by atoms with Crippen LogP contribution in [0.25, 0.3) is 0 Å². The number of carboxylic acids is 1. The number of fused-ring (bicyclic) bond motifs is 7. The fourth-order valence-corrected chi connectivity index (χ4v) is 11.9. The molecule has 0 aromatic carbocycles. The topological polar surface area (TPSA) is 97.7 Å². The molecule has 5 aliphatic rings. The van der Waals surface area contributed by atoms with Gasteiger partial charge in [0.1, 0.15) is 12.4 Å². The molecule has 0 aromatic heterocycles. The molecule has 5 aliphatic carbocycles. The number of Topliss-reactive ketones (excluding diaryl/α,β-unsaturated/α-hetero) is 1. The van der Waals surface area contributed by atoms with Gasteiger partial charge in [-0.2, -0.15) is 0 Å². The summed E-state index contributed by atoms with van der Waals surface area (Å²) in [5.74, 6) is 0.296. The van der Waals surface area contributed by atoms with Crippen LogP contribution in [0.15, 0.2) is 23.3 Å². The Morgan fingerprint density at radius 1 is 0.955 bits per heavy atom. The predicted molar refractivity (Wildman–Crippen MR) is 171 cm³/mol. The van der Waals surface area contributed by atoms with Crippen molar-refractivity contribution in [2.24, 2.45) is 56.2 Å². The van der Waals surface area contributed by atoms with E-state index in [-0.39, 0.29) is 51.3 Å². The summed E-state index contributed by atoms with van der Waals surface area (Å²) in [7, 11) is 0. The van der Waals surface area contributed by atoms with E-state index in [1.807, 2.05) is 0 Å². The molecule has 1 unspecified atom stereocenters. The van der Waals surface area contributed by atoms with Gasteiger partial charge in [0.25, 0.3) is 0 Å². The third-order valence-electron chi connectivity index (χ3n) is 14.4. The highest BCUT2D eigenvalue weighted by molar-refractivity contribution is 6.01. The lowest BCUT2D eigenvalue weighted by Gasteiger charge is -2.72. The summed E-state index contributed by atoms with van der Waals surface area (Å²) in [6.07, 6.45) is 12.8. The molecular weight excluding hydrogens is 552 g/mol. The molecule has 244 valence electrons. The average molecular weight is 609 g/mol. The number of carbonyl (C=O) groups excluding carboxylic acids is 3. The number of allylic oxidation sites excluding steroid dienone is 4. The zero-order chi connectivity index (χ0) is 32.7. The number of hydrogen-bond donors (Lipinski definition) is 1. The van der Waals surface area contributed by atoms with Gasteiger partial charge in [-0.15, -0.1) is 0 Å². The fraction of sp³-hybridized carbons (Fsp3) is 0.789. The first-order chi connectivity index (χ1) is 20.3. The molecule has 0 aliphatic heterocycles. The van der Waals surface area contributed by atoms with Gasteiger partial charge in [-0.1, -0.05) is 54.5 Å². The van der Waals surface area contributed by atoms with E-state index in [4.69, 9.17) is 4.74 Å². The van der Waals surface area contributed by atoms with Crippen molar-refractivity contribution in [3.63, 3.8) is 0 Å². The minimum Gasteiger partial charge on any atom is -0.481 e. The highest BCUT2D eigenvalue weighted by atomic mass is 16.5. The SMILES string of the molecule is CC(C)C1=C2[C@H]3CC[C@H]4C5(C)CC[C@H](OC(=O)CC(C)(C)C(=O)O)C(C)(C)[C@H]5CC[C@@]4(C)[C@]3(C)CC[C@@]2(/C=C/C=O)CC1=O. The van der Waals surface area contributed by atoms with Crippen LogP contribution >= 0.6 is 0 Å². The first-order valence-corrected chi connectivity index (χ1v) is 17.1. The Balaban J connectivity index is 1.46. The Bertz CT molecular complexity index is 1300. The molecule has 8 atom stereocenters. The average Bonchev–Trinajstić information content (AvgIpc) is 3.21. The largest absolute Gasteiger partial charge is 0.481 e. The van der Waals surface area contributed by atoms with E-state index >= 15 is 0 Å². The molecule has 5 rings (SSSR count). The maximum absolute atomic E-state index is 13.6. The van der Waals surface area contributed by atoms with Gasteiger partial charge >= 0.3 is 11.9 Å². The lowest BCUT2D eigenvalue weighted by atomic mass is 9.33. The smallest absolute Gasteiger partial charge is 0.309 e. The van der Waals surface area contributed by atoms with Gasteiger partial charge in [-0.05, 0) is 122 Å². The number of ether oxygens (including phenoxy) is 1. The summed E-state index contributed by atoms with van der Waals surface area (Å²) in [5, 5.41) is 9.54. The number of hydrogen-bond acceptors (Lipinski definition) is 5. The van der Waals surface area contributed by atoms with Crippen molar-refractivity contribution in [1.82, 2.24) is 0 Å². The third kappa shape index (κ3) is 4.62. The Kier molecular flexibility index (Phi) is 8.02. The van der Waals surface area contributed by atoms with Crippen molar-refractivity contribution in [2.45, 2.75) is 133 Å². The van der Waals surface area contributed by atoms with Crippen LogP contribution in [0.5, 0.6) is 0 Å². The Hall–Kier alpha value is -2.24. The number of ketones is 1. The van der Waals surface area contributed by atoms with Crippen molar-refractivity contribution in [2.75, 3.05) is 0 Å². The Morgan fingerprint density at radius 3 is 2.25 bits per heavy atom. The first kappa shape index (κ1) is 33.1. The van der Waals surface area contributed by atoms with Gasteiger partial charge in [-0.25, -0.2) is 0 Å². The monoisotopic (exact) mass is 608 g/mol. The van der Waals surface area contributed by atoms with E-state index in [9.17, 15) is 24.3 Å². The van der Waals surface area contributed by atoms with Gasteiger partial charge in [0.15, 0.2) is 5.78 Å². The van der Waals surface area contributed by atoms with Crippen LogP contribution in [0.2, 0.25) is 0 Å². The highest BCUT2D eigenvalue weighted by Gasteiger charge is 2.70. The van der Waals surface area contributed by atoms with Crippen molar-refractivity contribution >= 4 is 24.0 Å². The van der Waals surface area contributed by atoms with Gasteiger partial charge in [-0.3, -0.25) is 19.2 Å². The highest BCUT2D eigenvalue weighted by Crippen LogP contribution is 2.76. The van der Waals surface area contributed by atoms with Crippen LogP contribution in [0, 0.1) is 56.2 Å². The van der Waals surface area contributed by atoms with Crippen molar-refractivity contribution in [3.05, 3.63) is 23.3 Å². The third-order valence-corrected chi connectivity index (χ3v) is 14.4. The standard InChI is InChI=1S/C38H56O6/c1-23(2)30-25(40)21-38(15-10-20-39)19-18-36(8)24(31(30)38)11-12-27-35(7)16-14-28(44-29(41)22-33(3,4)32(42)43)34(5,6)26(35)13-17-37(27,36)9/h10,15,20,23-24,26-28H,11-14,16-19,21-22H2,1-9H3,(H,42,43)/b15-10+/t24-,26-,27+,28+,35?,36-,37-,38+/m1/s1. The van der Waals surface area contributed by atoms with Crippen LogP contribution < -0.4 is 0 Å². The van der Waals surface area contributed by atoms with Gasteiger partial charge in [0, 0.05) is 17.3 Å². The van der Waals surface area contributed by atoms with Crippen LogP contribution in [0.1, 0.15) is 127 Å². The Labute approximate surface area is 264 Å². The van der Waals surface area contributed by atoms with Gasteiger partial charge < -0.3 is 9.84 Å². The molecule has 4 fully saturated rings. The molecule has 6 nitrogen and oxygen atoms in total. The molecule has 1 N–H and O–H groups in total. The molecule has 6 heteroatoms. The number of aliphatic carboxylic acids is 1. The fourth-order valence-electron chi connectivity index (χ4n) is 11.9. The van der Waals surface area contributed by atoms with Crippen LogP contribution in [0.4, 0.5) is 0 Å². The molecule has 4 saturated carbocycles. The van der Waals surface area contributed by atoms with E-state index in [1.54, 1.807) is 19.9 Å². The van der Waals surface area contributed by atoms with E-state index in [0.29, 0.717) is 24.2 Å². The van der Waals surface area contributed by atoms with E-state index in [2.05, 4.69) is 54.5 Å². The number of aldehydes is 1. The van der Waals surface area contributed by atoms with Crippen LogP contribution in [-0.2, 0) is 23.9 Å². The van der Waals surface area contributed by atoms with Gasteiger partial charge in [0.05, 0.1) is 11.8 Å².